The molecule has 0 bridgehead atoms. The van der Waals surface area contributed by atoms with Gasteiger partial charge in [0.15, 0.2) is 0 Å². The number of amides is 1. The van der Waals surface area contributed by atoms with E-state index >= 15 is 0 Å². The summed E-state index contributed by atoms with van der Waals surface area (Å²) >= 11 is 1.48. The van der Waals surface area contributed by atoms with E-state index in [2.05, 4.69) is 5.43 Å². The minimum absolute atomic E-state index is 0.428. The molecule has 3 N–H and O–H groups in total. The topological polar surface area (TPSA) is 67.6 Å². The van der Waals surface area contributed by atoms with Crippen LogP contribution < -0.4 is 20.3 Å². The summed E-state index contributed by atoms with van der Waals surface area (Å²) in [5, 5.41) is 1.90. The Labute approximate surface area is 97.3 Å². The van der Waals surface area contributed by atoms with Gasteiger partial charge in [0.25, 0.3) is 0 Å². The fraction of sp³-hybridized carbons (Fsp3) is 0.100. The summed E-state index contributed by atoms with van der Waals surface area (Å²) in [7, 11) is 1.55. The van der Waals surface area contributed by atoms with Crippen LogP contribution in [-0.2, 0) is 0 Å². The van der Waals surface area contributed by atoms with E-state index in [0.717, 1.165) is 5.69 Å². The summed E-state index contributed by atoms with van der Waals surface area (Å²) in [6, 6.07) is 5.07. The van der Waals surface area contributed by atoms with Crippen LogP contribution in [0.3, 0.4) is 0 Å². The highest BCUT2D eigenvalue weighted by atomic mass is 32.2. The van der Waals surface area contributed by atoms with E-state index in [4.69, 9.17) is 10.5 Å². The second-order valence-corrected chi connectivity index (χ2v) is 3.93. The molecule has 0 spiro atoms. The van der Waals surface area contributed by atoms with Crippen molar-refractivity contribution in [3.05, 3.63) is 35.4 Å². The largest absolute Gasteiger partial charge is 0.494 e. The Morgan fingerprint density at radius 1 is 1.56 bits per heavy atom. The number of nitrogens with zero attached hydrogens (tertiary/aromatic N) is 1. The van der Waals surface area contributed by atoms with Crippen molar-refractivity contribution in [3.8, 4) is 5.75 Å². The number of nitrogens with two attached hydrogens (primary N) is 1. The van der Waals surface area contributed by atoms with Crippen LogP contribution in [0.2, 0.25) is 0 Å². The molecule has 0 atom stereocenters. The number of carbonyl (C=O) groups is 1. The van der Waals surface area contributed by atoms with Crippen LogP contribution in [0.1, 0.15) is 10.4 Å². The molecule has 1 aromatic carbocycles. The van der Waals surface area contributed by atoms with E-state index in [0.29, 0.717) is 11.3 Å². The van der Waals surface area contributed by atoms with Gasteiger partial charge in [0.1, 0.15) is 11.4 Å². The fourth-order valence-corrected chi connectivity index (χ4v) is 1.97. The lowest BCUT2D eigenvalue weighted by Gasteiger charge is -2.19. The van der Waals surface area contributed by atoms with Gasteiger partial charge in [0.05, 0.1) is 7.11 Å². The molecular weight excluding hydrogens is 226 g/mol. The average molecular weight is 237 g/mol. The Balaban J connectivity index is 2.34. The van der Waals surface area contributed by atoms with Crippen molar-refractivity contribution in [2.75, 3.05) is 11.5 Å². The molecule has 1 amide bonds. The first kappa shape index (κ1) is 10.7. The first-order valence-corrected chi connectivity index (χ1v) is 5.42. The summed E-state index contributed by atoms with van der Waals surface area (Å²) in [6.45, 7) is 0. The molecule has 84 valence electrons. The smallest absolute Gasteiger partial charge is 0.248 e. The van der Waals surface area contributed by atoms with Crippen LogP contribution in [0.4, 0.5) is 5.69 Å². The molecule has 6 heteroatoms. The van der Waals surface area contributed by atoms with Gasteiger partial charge >= 0.3 is 0 Å². The first-order valence-electron chi connectivity index (χ1n) is 4.58. The van der Waals surface area contributed by atoms with Crippen molar-refractivity contribution in [3.63, 3.8) is 0 Å². The maximum absolute atomic E-state index is 11.0. The molecule has 0 aromatic heterocycles. The van der Waals surface area contributed by atoms with Gasteiger partial charge < -0.3 is 10.5 Å². The SMILES string of the molecule is COc1cc(C(N)=O)ccc1N1NC=CS1. The Kier molecular flexibility index (Phi) is 2.91. The van der Waals surface area contributed by atoms with Gasteiger partial charge in [-0.25, -0.2) is 4.41 Å². The lowest BCUT2D eigenvalue weighted by molar-refractivity contribution is 0.1000. The number of nitrogens with one attached hydrogen (secondary N) is 1. The fourth-order valence-electron chi connectivity index (χ4n) is 1.34. The highest BCUT2D eigenvalue weighted by Crippen LogP contribution is 2.33. The lowest BCUT2D eigenvalue weighted by atomic mass is 10.2. The second-order valence-electron chi connectivity index (χ2n) is 3.08. The molecule has 0 radical (unpaired) electrons. The molecule has 1 aliphatic rings. The van der Waals surface area contributed by atoms with E-state index < -0.39 is 5.91 Å². The molecule has 0 unspecified atom stereocenters. The lowest BCUT2D eigenvalue weighted by Crippen LogP contribution is -2.23. The minimum Gasteiger partial charge on any atom is -0.494 e. The van der Waals surface area contributed by atoms with Gasteiger partial charge in [-0.15, -0.1) is 0 Å². The number of anilines is 1. The number of hydrazine groups is 1. The van der Waals surface area contributed by atoms with Crippen molar-refractivity contribution >= 4 is 23.5 Å². The number of hydrogen-bond acceptors (Lipinski definition) is 5. The number of rotatable bonds is 3. The molecule has 1 aliphatic heterocycles. The number of benzene rings is 1. The molecule has 0 saturated heterocycles. The number of methoxy groups -OCH3 is 1. The molecule has 2 rings (SSSR count). The van der Waals surface area contributed by atoms with E-state index in [1.807, 2.05) is 16.0 Å². The van der Waals surface area contributed by atoms with Gasteiger partial charge in [0.2, 0.25) is 5.91 Å². The number of primary amides is 1. The first-order chi connectivity index (χ1) is 7.72. The summed E-state index contributed by atoms with van der Waals surface area (Å²) in [5.41, 5.74) is 9.48. The number of ether oxygens (including phenoxy) is 1. The van der Waals surface area contributed by atoms with Crippen LogP contribution in [-0.4, -0.2) is 13.0 Å². The number of carbonyl (C=O) groups excluding carboxylic acids is 1. The van der Waals surface area contributed by atoms with Crippen molar-refractivity contribution in [2.45, 2.75) is 0 Å². The predicted molar refractivity (Wildman–Crippen MR) is 63.9 cm³/mol. The van der Waals surface area contributed by atoms with E-state index in [-0.39, 0.29) is 0 Å². The zero-order valence-electron chi connectivity index (χ0n) is 8.64. The molecule has 1 aromatic rings. The molecule has 0 fully saturated rings. The third-order valence-corrected chi connectivity index (χ3v) is 2.88. The molecule has 5 nitrogen and oxygen atoms in total. The maximum atomic E-state index is 11.0. The quantitative estimate of drug-likeness (QED) is 0.774. The van der Waals surface area contributed by atoms with Gasteiger partial charge in [-0.05, 0) is 18.2 Å². The van der Waals surface area contributed by atoms with Crippen molar-refractivity contribution in [2.24, 2.45) is 5.73 Å². The van der Waals surface area contributed by atoms with Gasteiger partial charge in [0, 0.05) is 29.1 Å². The zero-order chi connectivity index (χ0) is 11.5. The maximum Gasteiger partial charge on any atom is 0.248 e. The molecule has 0 saturated carbocycles. The standard InChI is InChI=1S/C10H11N3O2S/c1-15-9-6-7(10(11)14)2-3-8(9)13-12-4-5-16-13/h2-6,12H,1H3,(H2,11,14). The van der Waals surface area contributed by atoms with Crippen molar-refractivity contribution < 1.29 is 9.53 Å². The van der Waals surface area contributed by atoms with Crippen LogP contribution >= 0.6 is 11.9 Å². The Bertz CT molecular complexity index is 440. The summed E-state index contributed by atoms with van der Waals surface area (Å²) in [4.78, 5) is 11.0. The third kappa shape index (κ3) is 1.92. The van der Waals surface area contributed by atoms with E-state index in [1.54, 1.807) is 25.3 Å². The van der Waals surface area contributed by atoms with Gasteiger partial charge in [-0.2, -0.15) is 0 Å². The van der Waals surface area contributed by atoms with Crippen LogP contribution in [0.15, 0.2) is 29.8 Å². The summed E-state index contributed by atoms with van der Waals surface area (Å²) < 4.78 is 7.04. The van der Waals surface area contributed by atoms with Crippen LogP contribution in [0.5, 0.6) is 5.75 Å². The zero-order valence-corrected chi connectivity index (χ0v) is 9.45. The van der Waals surface area contributed by atoms with E-state index in [9.17, 15) is 4.79 Å². The van der Waals surface area contributed by atoms with Gasteiger partial charge in [-0.3, -0.25) is 10.2 Å². The molecular formula is C10H11N3O2S. The Morgan fingerprint density at radius 2 is 2.38 bits per heavy atom. The Hall–Kier alpha value is -1.82. The van der Waals surface area contributed by atoms with Crippen LogP contribution in [0.25, 0.3) is 0 Å². The summed E-state index contributed by atoms with van der Waals surface area (Å²) in [5.74, 6) is 0.130. The molecule has 1 heterocycles. The average Bonchev–Trinajstić information content (AvgIpc) is 2.81. The van der Waals surface area contributed by atoms with E-state index in [1.165, 1.54) is 11.9 Å². The van der Waals surface area contributed by atoms with Gasteiger partial charge in [-0.1, -0.05) is 0 Å². The summed E-state index contributed by atoms with van der Waals surface area (Å²) in [6.07, 6.45) is 1.81. The number of hydrogen-bond donors (Lipinski definition) is 2. The second kappa shape index (κ2) is 4.36. The third-order valence-electron chi connectivity index (χ3n) is 2.11. The molecule has 0 aliphatic carbocycles. The Morgan fingerprint density at radius 3 is 2.94 bits per heavy atom. The highest BCUT2D eigenvalue weighted by Gasteiger charge is 2.15. The van der Waals surface area contributed by atoms with Crippen molar-refractivity contribution in [1.82, 2.24) is 5.43 Å². The monoisotopic (exact) mass is 237 g/mol. The molecule has 16 heavy (non-hydrogen) atoms. The highest BCUT2D eigenvalue weighted by molar-refractivity contribution is 8.03. The normalized spacial score (nSPS) is 13.7. The van der Waals surface area contributed by atoms with Crippen molar-refractivity contribution in [1.29, 1.82) is 0 Å². The van der Waals surface area contributed by atoms with Crippen LogP contribution in [0, 0.1) is 0 Å². The predicted octanol–water partition coefficient (Wildman–Crippen LogP) is 1.24. The minimum atomic E-state index is -0.468.